The molecule has 0 fully saturated rings. The lowest BCUT2D eigenvalue weighted by Crippen LogP contribution is -2.38. The third-order valence-electron chi connectivity index (χ3n) is 5.51. The molecule has 3 rings (SSSR count). The third-order valence-corrected chi connectivity index (χ3v) is 5.84. The summed E-state index contributed by atoms with van der Waals surface area (Å²) in [5.41, 5.74) is 3.00. The van der Waals surface area contributed by atoms with Crippen LogP contribution in [-0.2, 0) is 17.9 Å². The van der Waals surface area contributed by atoms with Crippen molar-refractivity contribution in [2.45, 2.75) is 33.9 Å². The lowest BCUT2D eigenvalue weighted by molar-refractivity contribution is -0.140. The SMILES string of the molecule is CN(C)c1ccc(NC(=O)c2ccccc2Cl)cc1CN(Cc1ccc(F)cc1)C(=O)C(C)(C)C. The molecule has 0 aromatic heterocycles. The van der Waals surface area contributed by atoms with Gasteiger partial charge < -0.3 is 15.1 Å². The van der Waals surface area contributed by atoms with Crippen LogP contribution in [0.15, 0.2) is 66.7 Å². The summed E-state index contributed by atoms with van der Waals surface area (Å²) in [5.74, 6) is -0.663. The first-order valence-electron chi connectivity index (χ1n) is 11.4. The number of nitrogens with one attached hydrogen (secondary N) is 1. The topological polar surface area (TPSA) is 52.7 Å². The molecule has 0 saturated carbocycles. The van der Waals surface area contributed by atoms with Crippen LogP contribution in [0.5, 0.6) is 0 Å². The summed E-state index contributed by atoms with van der Waals surface area (Å²) in [6, 6.07) is 18.6. The minimum atomic E-state index is -0.603. The standard InChI is InChI=1S/C28H31ClFN3O2/c1-28(2,3)27(35)33(17-19-10-12-21(30)13-11-19)18-20-16-22(14-15-25(20)32(4)5)31-26(34)23-8-6-7-9-24(23)29/h6-16H,17-18H2,1-5H3,(H,31,34). The first kappa shape index (κ1) is 26.2. The molecule has 0 aliphatic heterocycles. The molecule has 0 spiro atoms. The van der Waals surface area contributed by atoms with Crippen LogP contribution >= 0.6 is 11.6 Å². The molecule has 184 valence electrons. The highest BCUT2D eigenvalue weighted by Gasteiger charge is 2.28. The molecule has 35 heavy (non-hydrogen) atoms. The number of hydrogen-bond donors (Lipinski definition) is 1. The van der Waals surface area contributed by atoms with Gasteiger partial charge in [0, 0.05) is 44.0 Å². The van der Waals surface area contributed by atoms with Crippen LogP contribution in [0.1, 0.15) is 42.3 Å². The summed E-state index contributed by atoms with van der Waals surface area (Å²) in [5, 5.41) is 3.28. The van der Waals surface area contributed by atoms with Gasteiger partial charge in [-0.2, -0.15) is 0 Å². The van der Waals surface area contributed by atoms with E-state index in [1.807, 2.05) is 58.0 Å². The average molecular weight is 496 g/mol. The number of halogens is 2. The van der Waals surface area contributed by atoms with Crippen LogP contribution in [0, 0.1) is 11.2 Å². The normalized spacial score (nSPS) is 11.2. The summed E-state index contributed by atoms with van der Waals surface area (Å²) in [7, 11) is 3.85. The molecule has 2 amide bonds. The highest BCUT2D eigenvalue weighted by Crippen LogP contribution is 2.28. The van der Waals surface area contributed by atoms with Crippen LogP contribution < -0.4 is 10.2 Å². The number of nitrogens with zero attached hydrogens (tertiary/aromatic N) is 2. The van der Waals surface area contributed by atoms with Gasteiger partial charge in [0.05, 0.1) is 10.6 Å². The van der Waals surface area contributed by atoms with Gasteiger partial charge in [0.25, 0.3) is 5.91 Å². The van der Waals surface area contributed by atoms with E-state index in [1.165, 1.54) is 12.1 Å². The van der Waals surface area contributed by atoms with Crippen molar-refractivity contribution < 1.29 is 14.0 Å². The minimum Gasteiger partial charge on any atom is -0.377 e. The second-order valence-electron chi connectivity index (χ2n) is 9.71. The van der Waals surface area contributed by atoms with Crippen molar-refractivity contribution >= 4 is 34.8 Å². The molecule has 0 aliphatic carbocycles. The summed E-state index contributed by atoms with van der Waals surface area (Å²) in [4.78, 5) is 29.9. The van der Waals surface area contributed by atoms with Gasteiger partial charge in [0.1, 0.15) is 5.82 Å². The summed E-state index contributed by atoms with van der Waals surface area (Å²) in [6.07, 6.45) is 0. The van der Waals surface area contributed by atoms with Crippen molar-refractivity contribution in [1.82, 2.24) is 4.90 Å². The Kier molecular flexibility index (Phi) is 8.18. The molecule has 3 aromatic carbocycles. The first-order chi connectivity index (χ1) is 16.5. The smallest absolute Gasteiger partial charge is 0.257 e. The average Bonchev–Trinajstić information content (AvgIpc) is 2.79. The van der Waals surface area contributed by atoms with E-state index in [2.05, 4.69) is 5.32 Å². The molecule has 0 atom stereocenters. The number of carbonyl (C=O) groups excluding carboxylic acids is 2. The number of amides is 2. The Bertz CT molecular complexity index is 1200. The van der Waals surface area contributed by atoms with Gasteiger partial charge in [0.15, 0.2) is 0 Å². The van der Waals surface area contributed by atoms with E-state index in [1.54, 1.807) is 41.3 Å². The molecule has 7 heteroatoms. The number of benzene rings is 3. The predicted octanol–water partition coefficient (Wildman–Crippen LogP) is 6.37. The van der Waals surface area contributed by atoms with E-state index in [9.17, 15) is 14.0 Å². The van der Waals surface area contributed by atoms with E-state index in [4.69, 9.17) is 11.6 Å². The molecule has 0 aliphatic rings. The molecule has 0 unspecified atom stereocenters. The van der Waals surface area contributed by atoms with Gasteiger partial charge in [-0.05, 0) is 53.6 Å². The fourth-order valence-corrected chi connectivity index (χ4v) is 3.98. The number of carbonyl (C=O) groups is 2. The van der Waals surface area contributed by atoms with Crippen LogP contribution in [-0.4, -0.2) is 30.8 Å². The van der Waals surface area contributed by atoms with E-state index in [-0.39, 0.29) is 17.6 Å². The van der Waals surface area contributed by atoms with Crippen molar-refractivity contribution in [2.75, 3.05) is 24.3 Å². The van der Waals surface area contributed by atoms with Gasteiger partial charge in [-0.25, -0.2) is 4.39 Å². The Morgan fingerprint density at radius 2 is 1.60 bits per heavy atom. The zero-order valence-corrected chi connectivity index (χ0v) is 21.5. The van der Waals surface area contributed by atoms with Crippen LogP contribution in [0.3, 0.4) is 0 Å². The molecule has 0 bridgehead atoms. The van der Waals surface area contributed by atoms with E-state index in [0.717, 1.165) is 16.8 Å². The molecular formula is C28H31ClFN3O2. The summed E-state index contributed by atoms with van der Waals surface area (Å²) < 4.78 is 13.4. The molecule has 5 nitrogen and oxygen atoms in total. The fraction of sp³-hybridized carbons (Fsp3) is 0.286. The molecule has 0 radical (unpaired) electrons. The van der Waals surface area contributed by atoms with Gasteiger partial charge in [-0.15, -0.1) is 0 Å². The second-order valence-corrected chi connectivity index (χ2v) is 10.1. The lowest BCUT2D eigenvalue weighted by atomic mass is 9.94. The minimum absolute atomic E-state index is 0.0305. The summed E-state index contributed by atoms with van der Waals surface area (Å²) in [6.45, 7) is 6.27. The largest absolute Gasteiger partial charge is 0.377 e. The van der Waals surface area contributed by atoms with Gasteiger partial charge >= 0.3 is 0 Å². The molecule has 3 aromatic rings. The van der Waals surface area contributed by atoms with Crippen LogP contribution in [0.4, 0.5) is 15.8 Å². The maximum Gasteiger partial charge on any atom is 0.257 e. The Morgan fingerprint density at radius 1 is 0.943 bits per heavy atom. The molecular weight excluding hydrogens is 465 g/mol. The van der Waals surface area contributed by atoms with E-state index < -0.39 is 5.41 Å². The molecule has 0 heterocycles. The number of rotatable bonds is 7. The highest BCUT2D eigenvalue weighted by molar-refractivity contribution is 6.34. The van der Waals surface area contributed by atoms with E-state index >= 15 is 0 Å². The summed E-state index contributed by atoms with van der Waals surface area (Å²) >= 11 is 6.18. The lowest BCUT2D eigenvalue weighted by Gasteiger charge is -2.31. The van der Waals surface area contributed by atoms with Crippen LogP contribution in [0.2, 0.25) is 5.02 Å². The second kappa shape index (κ2) is 10.9. The fourth-order valence-electron chi connectivity index (χ4n) is 3.76. The number of anilines is 2. The quantitative estimate of drug-likeness (QED) is 0.414. The Labute approximate surface area is 211 Å². The Morgan fingerprint density at radius 3 is 2.20 bits per heavy atom. The molecule has 0 saturated heterocycles. The van der Waals surface area contributed by atoms with Gasteiger partial charge in [0.2, 0.25) is 5.91 Å². The maximum atomic E-state index is 13.4. The Balaban J connectivity index is 1.94. The van der Waals surface area contributed by atoms with E-state index in [0.29, 0.717) is 29.4 Å². The van der Waals surface area contributed by atoms with Gasteiger partial charge in [-0.3, -0.25) is 9.59 Å². The third kappa shape index (κ3) is 6.83. The van der Waals surface area contributed by atoms with Crippen molar-refractivity contribution in [3.63, 3.8) is 0 Å². The van der Waals surface area contributed by atoms with Crippen molar-refractivity contribution in [2.24, 2.45) is 5.41 Å². The van der Waals surface area contributed by atoms with Crippen LogP contribution in [0.25, 0.3) is 0 Å². The highest BCUT2D eigenvalue weighted by atomic mass is 35.5. The van der Waals surface area contributed by atoms with Crippen molar-refractivity contribution in [3.05, 3.63) is 94.3 Å². The molecule has 1 N–H and O–H groups in total. The van der Waals surface area contributed by atoms with Crippen molar-refractivity contribution in [1.29, 1.82) is 0 Å². The Hall–Kier alpha value is -3.38. The maximum absolute atomic E-state index is 13.4. The zero-order chi connectivity index (χ0) is 25.8. The van der Waals surface area contributed by atoms with Gasteiger partial charge in [-0.1, -0.05) is 56.6 Å². The zero-order valence-electron chi connectivity index (χ0n) is 20.7. The number of hydrogen-bond acceptors (Lipinski definition) is 3. The van der Waals surface area contributed by atoms with Crippen molar-refractivity contribution in [3.8, 4) is 0 Å². The monoisotopic (exact) mass is 495 g/mol. The first-order valence-corrected chi connectivity index (χ1v) is 11.7. The predicted molar refractivity (Wildman–Crippen MR) is 140 cm³/mol.